The third kappa shape index (κ3) is 3.33. The third-order valence-corrected chi connectivity index (χ3v) is 4.80. The highest BCUT2D eigenvalue weighted by atomic mass is 16.6. The first-order valence-electron chi connectivity index (χ1n) is 8.64. The number of fused-ring (bicyclic) bond motifs is 2. The van der Waals surface area contributed by atoms with Gasteiger partial charge in [-0.25, -0.2) is 0 Å². The molecule has 2 atom stereocenters. The van der Waals surface area contributed by atoms with Gasteiger partial charge in [-0.2, -0.15) is 0 Å². The monoisotopic (exact) mass is 338 g/mol. The van der Waals surface area contributed by atoms with Gasteiger partial charge in [0.25, 0.3) is 0 Å². The van der Waals surface area contributed by atoms with Crippen LogP contribution in [0.5, 0.6) is 11.5 Å². The van der Waals surface area contributed by atoms with Crippen molar-refractivity contribution in [3.63, 3.8) is 0 Å². The lowest BCUT2D eigenvalue weighted by molar-refractivity contribution is -0.133. The van der Waals surface area contributed by atoms with E-state index >= 15 is 0 Å². The van der Waals surface area contributed by atoms with Crippen molar-refractivity contribution in [1.82, 2.24) is 10.2 Å². The summed E-state index contributed by atoms with van der Waals surface area (Å²) in [6.07, 6.45) is 0.573. The van der Waals surface area contributed by atoms with E-state index in [-0.39, 0.29) is 18.1 Å². The molecule has 2 aliphatic rings. The van der Waals surface area contributed by atoms with Crippen molar-refractivity contribution in [1.29, 1.82) is 0 Å². The number of hydrogen-bond acceptors (Lipinski definition) is 4. The largest absolute Gasteiger partial charge is 0.486 e. The highest BCUT2D eigenvalue weighted by molar-refractivity contribution is 5.82. The molecular formula is C20H22N2O3. The number of ether oxygens (including phenoxy) is 2. The number of amides is 1. The van der Waals surface area contributed by atoms with Gasteiger partial charge >= 0.3 is 0 Å². The van der Waals surface area contributed by atoms with Crippen LogP contribution in [0, 0.1) is 0 Å². The third-order valence-electron chi connectivity index (χ3n) is 4.80. The predicted octanol–water partition coefficient (Wildman–Crippen LogP) is 2.00. The first-order chi connectivity index (χ1) is 12.2. The summed E-state index contributed by atoms with van der Waals surface area (Å²) < 4.78 is 11.7. The second kappa shape index (κ2) is 6.76. The summed E-state index contributed by atoms with van der Waals surface area (Å²) in [6, 6.07) is 15.7. The lowest BCUT2D eigenvalue weighted by Crippen LogP contribution is -2.51. The van der Waals surface area contributed by atoms with E-state index in [2.05, 4.69) is 17.4 Å². The van der Waals surface area contributed by atoms with Gasteiger partial charge in [-0.15, -0.1) is 0 Å². The van der Waals surface area contributed by atoms with Gasteiger partial charge in [-0.05, 0) is 29.7 Å². The van der Waals surface area contributed by atoms with Crippen molar-refractivity contribution in [3.05, 3.63) is 59.7 Å². The van der Waals surface area contributed by atoms with Gasteiger partial charge in [0.15, 0.2) is 17.6 Å². The molecule has 1 N–H and O–H groups in total. The standard InChI is InChI=1S/C20H22N2O3/c1-22(12-16-13-24-18-8-4-5-9-19(18)25-16)20(23)17-10-14-6-2-3-7-15(14)11-21-17/h2-9,16-17,21H,10-13H2,1H3. The molecule has 2 aromatic rings. The van der Waals surface area contributed by atoms with Crippen molar-refractivity contribution >= 4 is 5.91 Å². The maximum Gasteiger partial charge on any atom is 0.239 e. The molecule has 2 heterocycles. The topological polar surface area (TPSA) is 50.8 Å². The fraction of sp³-hybridized carbons (Fsp3) is 0.350. The molecule has 2 aromatic carbocycles. The predicted molar refractivity (Wildman–Crippen MR) is 94.8 cm³/mol. The molecule has 5 heteroatoms. The van der Waals surface area contributed by atoms with E-state index in [1.807, 2.05) is 43.4 Å². The summed E-state index contributed by atoms with van der Waals surface area (Å²) in [4.78, 5) is 14.5. The van der Waals surface area contributed by atoms with Crippen LogP contribution in [0.1, 0.15) is 11.1 Å². The van der Waals surface area contributed by atoms with E-state index in [4.69, 9.17) is 9.47 Å². The molecule has 2 unspecified atom stereocenters. The normalized spacial score (nSPS) is 21.3. The van der Waals surface area contributed by atoms with E-state index < -0.39 is 0 Å². The number of hydrogen-bond donors (Lipinski definition) is 1. The van der Waals surface area contributed by atoms with Gasteiger partial charge in [-0.3, -0.25) is 4.79 Å². The minimum Gasteiger partial charge on any atom is -0.486 e. The van der Waals surface area contributed by atoms with Gasteiger partial charge in [0.2, 0.25) is 5.91 Å². The summed E-state index contributed by atoms with van der Waals surface area (Å²) in [5, 5.41) is 3.35. The fourth-order valence-electron chi connectivity index (χ4n) is 3.44. The number of nitrogens with one attached hydrogen (secondary N) is 1. The van der Waals surface area contributed by atoms with Crippen LogP contribution in [0.3, 0.4) is 0 Å². The van der Waals surface area contributed by atoms with E-state index in [9.17, 15) is 4.79 Å². The average molecular weight is 338 g/mol. The highest BCUT2D eigenvalue weighted by Gasteiger charge is 2.29. The molecule has 5 nitrogen and oxygen atoms in total. The summed E-state index contributed by atoms with van der Waals surface area (Å²) in [5.74, 6) is 1.60. The molecule has 25 heavy (non-hydrogen) atoms. The van der Waals surface area contributed by atoms with E-state index in [1.54, 1.807) is 4.90 Å². The van der Waals surface area contributed by atoms with E-state index in [0.29, 0.717) is 13.2 Å². The number of carbonyl (C=O) groups excluding carboxylic acids is 1. The summed E-state index contributed by atoms with van der Waals surface area (Å²) in [7, 11) is 1.83. The summed E-state index contributed by atoms with van der Waals surface area (Å²) >= 11 is 0. The zero-order valence-corrected chi connectivity index (χ0v) is 14.3. The lowest BCUT2D eigenvalue weighted by atomic mass is 9.95. The maximum absolute atomic E-state index is 12.8. The summed E-state index contributed by atoms with van der Waals surface area (Å²) in [5.41, 5.74) is 2.52. The number of likely N-dealkylation sites (N-methyl/N-ethyl adjacent to an activating group) is 1. The molecule has 0 bridgehead atoms. The Hall–Kier alpha value is -2.53. The molecule has 4 rings (SSSR count). The van der Waals surface area contributed by atoms with Gasteiger partial charge in [0, 0.05) is 13.6 Å². The second-order valence-corrected chi connectivity index (χ2v) is 6.62. The van der Waals surface area contributed by atoms with Crippen molar-refractivity contribution in [2.24, 2.45) is 0 Å². The Morgan fingerprint density at radius 2 is 1.84 bits per heavy atom. The Labute approximate surface area is 147 Å². The van der Waals surface area contributed by atoms with Crippen LogP contribution in [0.15, 0.2) is 48.5 Å². The van der Waals surface area contributed by atoms with Crippen LogP contribution in [0.2, 0.25) is 0 Å². The number of carbonyl (C=O) groups is 1. The molecule has 0 radical (unpaired) electrons. The molecule has 0 saturated carbocycles. The second-order valence-electron chi connectivity index (χ2n) is 6.62. The number of nitrogens with zero attached hydrogens (tertiary/aromatic N) is 1. The molecule has 1 amide bonds. The van der Waals surface area contributed by atoms with Crippen molar-refractivity contribution in [2.75, 3.05) is 20.2 Å². The quantitative estimate of drug-likeness (QED) is 0.930. The minimum atomic E-state index is -0.184. The maximum atomic E-state index is 12.8. The smallest absolute Gasteiger partial charge is 0.239 e. The van der Waals surface area contributed by atoms with E-state index in [0.717, 1.165) is 24.5 Å². The van der Waals surface area contributed by atoms with Gasteiger partial charge in [-0.1, -0.05) is 36.4 Å². The van der Waals surface area contributed by atoms with Crippen molar-refractivity contribution < 1.29 is 14.3 Å². The number of rotatable bonds is 3. The lowest BCUT2D eigenvalue weighted by Gasteiger charge is -2.32. The molecule has 0 saturated heterocycles. The Morgan fingerprint density at radius 3 is 2.68 bits per heavy atom. The fourth-order valence-corrected chi connectivity index (χ4v) is 3.44. The Morgan fingerprint density at radius 1 is 1.12 bits per heavy atom. The van der Waals surface area contributed by atoms with Gasteiger partial charge in [0.05, 0.1) is 12.6 Å². The van der Waals surface area contributed by atoms with Crippen LogP contribution >= 0.6 is 0 Å². The number of para-hydroxylation sites is 2. The number of benzene rings is 2. The average Bonchev–Trinajstić information content (AvgIpc) is 2.67. The van der Waals surface area contributed by atoms with Crippen LogP contribution in [0.4, 0.5) is 0 Å². The first kappa shape index (κ1) is 16.0. The Balaban J connectivity index is 1.37. The summed E-state index contributed by atoms with van der Waals surface area (Å²) in [6.45, 7) is 1.69. The van der Waals surface area contributed by atoms with Crippen molar-refractivity contribution in [3.8, 4) is 11.5 Å². The van der Waals surface area contributed by atoms with Gasteiger partial charge in [0.1, 0.15) is 6.61 Å². The van der Waals surface area contributed by atoms with Crippen LogP contribution in [0.25, 0.3) is 0 Å². The Kier molecular flexibility index (Phi) is 4.32. The minimum absolute atomic E-state index is 0.0944. The van der Waals surface area contributed by atoms with Gasteiger partial charge < -0.3 is 19.7 Å². The molecule has 0 spiro atoms. The zero-order valence-electron chi connectivity index (χ0n) is 14.3. The first-order valence-corrected chi connectivity index (χ1v) is 8.64. The van der Waals surface area contributed by atoms with Crippen LogP contribution in [-0.4, -0.2) is 43.2 Å². The molecule has 2 aliphatic heterocycles. The van der Waals surface area contributed by atoms with Crippen LogP contribution in [-0.2, 0) is 17.8 Å². The van der Waals surface area contributed by atoms with E-state index in [1.165, 1.54) is 11.1 Å². The molecule has 0 aliphatic carbocycles. The van der Waals surface area contributed by atoms with Crippen LogP contribution < -0.4 is 14.8 Å². The Bertz CT molecular complexity index is 777. The molecule has 130 valence electrons. The molecular weight excluding hydrogens is 316 g/mol. The highest BCUT2D eigenvalue weighted by Crippen LogP contribution is 2.31. The molecule has 0 fully saturated rings. The van der Waals surface area contributed by atoms with Crippen molar-refractivity contribution in [2.45, 2.75) is 25.1 Å². The molecule has 0 aromatic heterocycles. The SMILES string of the molecule is CN(CC1COc2ccccc2O1)C(=O)C1Cc2ccccc2CN1. The zero-order chi connectivity index (χ0) is 17.2.